The molecule has 1 aliphatic carbocycles. The van der Waals surface area contributed by atoms with Gasteiger partial charge in [0.15, 0.2) is 0 Å². The molecule has 5 aromatic carbocycles. The van der Waals surface area contributed by atoms with Gasteiger partial charge in [-0.15, -0.1) is 0 Å². The normalized spacial score (nSPS) is 14.4. The van der Waals surface area contributed by atoms with Crippen LogP contribution in [0.5, 0.6) is 0 Å². The second kappa shape index (κ2) is 13.6. The Balaban J connectivity index is 1.40. The third kappa shape index (κ3) is 6.45. The van der Waals surface area contributed by atoms with Crippen molar-refractivity contribution in [2.75, 3.05) is 4.90 Å². The number of rotatable bonds is 6. The van der Waals surface area contributed by atoms with E-state index < -0.39 is 5.41 Å². The zero-order valence-electron chi connectivity index (χ0n) is 26.9. The average Bonchev–Trinajstić information content (AvgIpc) is 3.18. The van der Waals surface area contributed by atoms with Gasteiger partial charge in [0.25, 0.3) is 0 Å². The Kier molecular flexibility index (Phi) is 8.77. The molecule has 6 rings (SSSR count). The molecule has 0 heterocycles. The Labute approximate surface area is 290 Å². The van der Waals surface area contributed by atoms with Crippen molar-refractivity contribution in [3.63, 3.8) is 0 Å². The van der Waals surface area contributed by atoms with Crippen LogP contribution in [0.1, 0.15) is 52.3 Å². The molecule has 0 N–H and O–H groups in total. The Morgan fingerprint density at radius 3 is 1.16 bits per heavy atom. The van der Waals surface area contributed by atoms with E-state index in [0.717, 1.165) is 44.9 Å². The number of benzene rings is 5. The lowest BCUT2D eigenvalue weighted by atomic mass is 9.76. The summed E-state index contributed by atoms with van der Waals surface area (Å²) in [6, 6.07) is 44.0. The van der Waals surface area contributed by atoms with Crippen molar-refractivity contribution < 1.29 is 0 Å². The second-order valence-electron chi connectivity index (χ2n) is 12.1. The fraction of sp³-hybridized carbons (Fsp3) is 0.0698. The zero-order valence-corrected chi connectivity index (χ0v) is 26.9. The van der Waals surface area contributed by atoms with Crippen LogP contribution < -0.4 is 4.90 Å². The van der Waals surface area contributed by atoms with Crippen LogP contribution in [0.3, 0.4) is 0 Å². The molecule has 0 saturated carbocycles. The first-order chi connectivity index (χ1) is 24.3. The maximum atomic E-state index is 9.57. The monoisotopic (exact) mass is 639 g/mol. The Morgan fingerprint density at radius 2 is 0.840 bits per heavy atom. The molecule has 1 atom stereocenters. The molecule has 0 fully saturated rings. The Hall–Kier alpha value is -7.68. The van der Waals surface area contributed by atoms with E-state index >= 15 is 0 Å². The van der Waals surface area contributed by atoms with E-state index in [-0.39, 0.29) is 0 Å². The molecule has 0 aromatic heterocycles. The molecular weight excluding hydrogens is 615 g/mol. The predicted octanol–water partition coefficient (Wildman–Crippen LogP) is 9.19. The third-order valence-corrected chi connectivity index (χ3v) is 8.77. The van der Waals surface area contributed by atoms with Crippen LogP contribution in [0.4, 0.5) is 11.4 Å². The topological polar surface area (TPSA) is 146 Å². The zero-order chi connectivity index (χ0) is 35.3. The summed E-state index contributed by atoms with van der Waals surface area (Å²) in [5.74, 6) is 0. The molecule has 0 spiro atoms. The van der Waals surface area contributed by atoms with E-state index in [4.69, 9.17) is 0 Å². The lowest BCUT2D eigenvalue weighted by molar-refractivity contribution is 0.595. The van der Waals surface area contributed by atoms with Gasteiger partial charge in [0.05, 0.1) is 69.8 Å². The summed E-state index contributed by atoms with van der Waals surface area (Å²) in [4.78, 5) is 2.12. The Morgan fingerprint density at radius 1 is 0.480 bits per heavy atom. The van der Waals surface area contributed by atoms with E-state index in [9.17, 15) is 31.6 Å². The number of nitriles is 6. The van der Waals surface area contributed by atoms with Gasteiger partial charge in [-0.2, -0.15) is 31.6 Å². The van der Waals surface area contributed by atoms with E-state index in [0.29, 0.717) is 39.8 Å². The van der Waals surface area contributed by atoms with Gasteiger partial charge in [-0.05, 0) is 119 Å². The van der Waals surface area contributed by atoms with Crippen molar-refractivity contribution in [1.29, 1.82) is 31.6 Å². The van der Waals surface area contributed by atoms with Crippen LogP contribution in [0.25, 0.3) is 22.3 Å². The maximum absolute atomic E-state index is 9.57. The fourth-order valence-electron chi connectivity index (χ4n) is 6.09. The van der Waals surface area contributed by atoms with Crippen molar-refractivity contribution in [2.24, 2.45) is 0 Å². The largest absolute Gasteiger partial charge is 0.311 e. The molecule has 1 aliphatic rings. The summed E-state index contributed by atoms with van der Waals surface area (Å²) in [7, 11) is 0. The Bertz CT molecular complexity index is 2270. The van der Waals surface area contributed by atoms with Gasteiger partial charge in [0.1, 0.15) is 0 Å². The summed E-state index contributed by atoms with van der Waals surface area (Å²) in [5, 5.41) is 57.1. The minimum Gasteiger partial charge on any atom is -0.311 e. The summed E-state index contributed by atoms with van der Waals surface area (Å²) in [5.41, 5.74) is 8.86. The summed E-state index contributed by atoms with van der Waals surface area (Å²) >= 11 is 0. The standard InChI is InChI=1S/C43H25N7/c1-43(39-21-33(27-48)16-34(22-39)28-49)12-10-42(11-13-43)50(40-6-2-35(3-7-40)37-17-29(23-44)14-30(18-37)24-45)41-8-4-36(5-9-41)38-19-31(25-46)15-32(20-38)26-47/h2-12,14-22H,13H2,1H3. The summed E-state index contributed by atoms with van der Waals surface area (Å²) in [6.07, 6.45) is 6.89. The van der Waals surface area contributed by atoms with Crippen LogP contribution in [0.2, 0.25) is 0 Å². The number of nitrogens with zero attached hydrogens (tertiary/aromatic N) is 7. The van der Waals surface area contributed by atoms with Crippen LogP contribution in [0, 0.1) is 68.0 Å². The highest BCUT2D eigenvalue weighted by molar-refractivity contribution is 5.77. The van der Waals surface area contributed by atoms with Gasteiger partial charge >= 0.3 is 0 Å². The summed E-state index contributed by atoms with van der Waals surface area (Å²) in [6.45, 7) is 2.08. The molecule has 5 aromatic rings. The highest BCUT2D eigenvalue weighted by Crippen LogP contribution is 2.40. The SMILES string of the molecule is CC1(c2cc(C#N)cc(C#N)c2)C=CC(N(c2ccc(-c3cc(C#N)cc(C#N)c3)cc2)c2ccc(-c3cc(C#N)cc(C#N)c3)cc2)=CC1. The van der Waals surface area contributed by atoms with E-state index in [1.807, 2.05) is 66.7 Å². The first-order valence-electron chi connectivity index (χ1n) is 15.6. The highest BCUT2D eigenvalue weighted by atomic mass is 15.1. The number of anilines is 2. The summed E-state index contributed by atoms with van der Waals surface area (Å²) < 4.78 is 0. The van der Waals surface area contributed by atoms with Gasteiger partial charge < -0.3 is 4.90 Å². The number of allylic oxidation sites excluding steroid dienone is 3. The van der Waals surface area contributed by atoms with E-state index in [1.165, 1.54) is 0 Å². The van der Waals surface area contributed by atoms with Crippen LogP contribution in [-0.2, 0) is 5.41 Å². The highest BCUT2D eigenvalue weighted by Gasteiger charge is 2.28. The molecule has 0 aliphatic heterocycles. The van der Waals surface area contributed by atoms with Crippen LogP contribution in [-0.4, -0.2) is 0 Å². The fourth-order valence-corrected chi connectivity index (χ4v) is 6.09. The van der Waals surface area contributed by atoms with Gasteiger partial charge in [-0.25, -0.2) is 0 Å². The quantitative estimate of drug-likeness (QED) is 0.180. The minimum atomic E-state index is -0.449. The lowest BCUT2D eigenvalue weighted by Gasteiger charge is -2.33. The van der Waals surface area contributed by atoms with Crippen LogP contribution >= 0.6 is 0 Å². The van der Waals surface area contributed by atoms with Crippen molar-refractivity contribution >= 4 is 11.4 Å². The average molecular weight is 640 g/mol. The molecule has 232 valence electrons. The van der Waals surface area contributed by atoms with Gasteiger partial charge in [0.2, 0.25) is 0 Å². The molecule has 7 nitrogen and oxygen atoms in total. The molecule has 1 unspecified atom stereocenters. The first-order valence-corrected chi connectivity index (χ1v) is 15.6. The molecular formula is C43H25N7. The molecule has 7 heteroatoms. The van der Waals surface area contributed by atoms with Crippen molar-refractivity contribution in [1.82, 2.24) is 0 Å². The maximum Gasteiger partial charge on any atom is 0.0992 e. The smallest absolute Gasteiger partial charge is 0.0992 e. The predicted molar refractivity (Wildman–Crippen MR) is 190 cm³/mol. The van der Waals surface area contributed by atoms with Crippen molar-refractivity contribution in [2.45, 2.75) is 18.8 Å². The number of hydrogen-bond donors (Lipinski definition) is 0. The minimum absolute atomic E-state index is 0.412. The van der Waals surface area contributed by atoms with Gasteiger partial charge in [0, 0.05) is 22.5 Å². The molecule has 0 amide bonds. The lowest BCUT2D eigenvalue weighted by Crippen LogP contribution is -2.24. The van der Waals surface area contributed by atoms with Gasteiger partial charge in [-0.3, -0.25) is 0 Å². The number of hydrogen-bond acceptors (Lipinski definition) is 7. The molecule has 50 heavy (non-hydrogen) atoms. The second-order valence-corrected chi connectivity index (χ2v) is 12.1. The molecule has 0 saturated heterocycles. The molecule has 0 radical (unpaired) electrons. The molecule has 0 bridgehead atoms. The third-order valence-electron chi connectivity index (χ3n) is 8.77. The van der Waals surface area contributed by atoms with Gasteiger partial charge in [-0.1, -0.05) is 43.3 Å². The van der Waals surface area contributed by atoms with Crippen molar-refractivity contribution in [3.05, 3.63) is 166 Å². The van der Waals surface area contributed by atoms with E-state index in [2.05, 4.69) is 60.4 Å². The van der Waals surface area contributed by atoms with Crippen LogP contribution in [0.15, 0.2) is 127 Å². The van der Waals surface area contributed by atoms with E-state index in [1.54, 1.807) is 42.5 Å². The first kappa shape index (κ1) is 32.3. The van der Waals surface area contributed by atoms with Crippen molar-refractivity contribution in [3.8, 4) is 58.7 Å².